The van der Waals surface area contributed by atoms with E-state index in [-0.39, 0.29) is 10.8 Å². The van der Waals surface area contributed by atoms with Crippen molar-refractivity contribution in [2.45, 2.75) is 24.7 Å². The van der Waals surface area contributed by atoms with E-state index in [0.29, 0.717) is 39.1 Å². The minimum atomic E-state index is -3.58. The number of nitrogens with zero attached hydrogens (tertiary/aromatic N) is 4. The molecule has 9 heteroatoms. The maximum atomic E-state index is 13.2. The summed E-state index contributed by atoms with van der Waals surface area (Å²) in [6.45, 7) is 4.77. The van der Waals surface area contributed by atoms with Crippen molar-refractivity contribution in [2.24, 2.45) is 0 Å². The molecule has 0 unspecified atom stereocenters. The first-order valence-corrected chi connectivity index (χ1v) is 13.4. The second kappa shape index (κ2) is 8.89. The fraction of sp³-hybridized carbons (Fsp3) is 0.333. The number of carbonyl (C=O) groups excluding carboxylic acids is 1. The van der Waals surface area contributed by atoms with Crippen LogP contribution in [-0.4, -0.2) is 56.3 Å². The first-order chi connectivity index (χ1) is 15.9. The lowest BCUT2D eigenvalue weighted by molar-refractivity contribution is -0.117. The maximum Gasteiger partial charge on any atom is 0.243 e. The quantitative estimate of drug-likeness (QED) is 0.554. The van der Waals surface area contributed by atoms with E-state index >= 15 is 0 Å². The number of carbonyl (C=O) groups is 1. The molecule has 0 spiro atoms. The smallest absolute Gasteiger partial charge is 0.243 e. The fourth-order valence-electron chi connectivity index (χ4n) is 4.25. The Morgan fingerprint density at radius 2 is 1.61 bits per heavy atom. The topological polar surface area (TPSA) is 73.8 Å². The van der Waals surface area contributed by atoms with Crippen molar-refractivity contribution in [3.8, 4) is 11.3 Å². The Morgan fingerprint density at radius 3 is 2.24 bits per heavy atom. The summed E-state index contributed by atoms with van der Waals surface area (Å²) in [5, 5.41) is 2.97. The molecule has 3 aromatic rings. The summed E-state index contributed by atoms with van der Waals surface area (Å²) in [6.07, 6.45) is 1.39. The van der Waals surface area contributed by atoms with Crippen molar-refractivity contribution >= 4 is 38.1 Å². The molecule has 1 amide bonds. The van der Waals surface area contributed by atoms with Gasteiger partial charge in [-0.1, -0.05) is 29.8 Å². The van der Waals surface area contributed by atoms with Crippen molar-refractivity contribution in [1.82, 2.24) is 9.29 Å². The van der Waals surface area contributed by atoms with Gasteiger partial charge in [-0.15, -0.1) is 11.3 Å². The van der Waals surface area contributed by atoms with Gasteiger partial charge >= 0.3 is 0 Å². The summed E-state index contributed by atoms with van der Waals surface area (Å²) in [5.74, 6) is 0.0921. The lowest BCUT2D eigenvalue weighted by atomic mass is 10.1. The molecule has 2 aromatic carbocycles. The average Bonchev–Trinajstić information content (AvgIpc) is 3.49. The van der Waals surface area contributed by atoms with E-state index in [4.69, 9.17) is 4.98 Å². The number of hydrogen-bond acceptors (Lipinski definition) is 6. The molecule has 0 N–H and O–H groups in total. The molecule has 2 fully saturated rings. The molecule has 7 nitrogen and oxygen atoms in total. The Morgan fingerprint density at radius 1 is 0.909 bits per heavy atom. The summed E-state index contributed by atoms with van der Waals surface area (Å²) in [5.41, 5.74) is 4.00. The summed E-state index contributed by atoms with van der Waals surface area (Å²) >= 11 is 1.59. The number of thiazole rings is 1. The van der Waals surface area contributed by atoms with Crippen LogP contribution in [0.25, 0.3) is 11.3 Å². The fourth-order valence-corrected chi connectivity index (χ4v) is 6.57. The lowest BCUT2D eigenvalue weighted by Crippen LogP contribution is -2.48. The maximum absolute atomic E-state index is 13.2. The molecule has 1 aromatic heterocycles. The molecule has 0 radical (unpaired) electrons. The normalized spacial score (nSPS) is 17.7. The van der Waals surface area contributed by atoms with Gasteiger partial charge in [0.05, 0.1) is 10.6 Å². The Bertz CT molecular complexity index is 1250. The van der Waals surface area contributed by atoms with Crippen LogP contribution >= 0.6 is 11.3 Å². The van der Waals surface area contributed by atoms with Crippen LogP contribution in [0.1, 0.15) is 18.4 Å². The number of hydrogen-bond donors (Lipinski definition) is 0. The molecule has 0 saturated carbocycles. The van der Waals surface area contributed by atoms with Gasteiger partial charge in [0.1, 0.15) is 0 Å². The van der Waals surface area contributed by atoms with Gasteiger partial charge in [0, 0.05) is 55.8 Å². The largest absolute Gasteiger partial charge is 0.345 e. The molecule has 0 atom stereocenters. The van der Waals surface area contributed by atoms with E-state index in [1.807, 2.05) is 0 Å². The summed E-state index contributed by atoms with van der Waals surface area (Å²) in [4.78, 5) is 20.8. The number of piperazine rings is 1. The third kappa shape index (κ3) is 4.40. The first-order valence-electron chi connectivity index (χ1n) is 11.1. The van der Waals surface area contributed by atoms with E-state index in [2.05, 4.69) is 41.5 Å². The van der Waals surface area contributed by atoms with Crippen molar-refractivity contribution < 1.29 is 13.2 Å². The highest BCUT2D eigenvalue weighted by atomic mass is 32.2. The average molecular weight is 483 g/mol. The van der Waals surface area contributed by atoms with E-state index < -0.39 is 10.0 Å². The number of rotatable bonds is 5. The van der Waals surface area contributed by atoms with Crippen molar-refractivity contribution in [2.75, 3.05) is 42.5 Å². The second-order valence-electron chi connectivity index (χ2n) is 8.42. The van der Waals surface area contributed by atoms with Gasteiger partial charge in [0.15, 0.2) is 5.13 Å². The van der Waals surface area contributed by atoms with Gasteiger partial charge in [-0.3, -0.25) is 4.79 Å². The highest BCUT2D eigenvalue weighted by molar-refractivity contribution is 7.89. The van der Waals surface area contributed by atoms with Gasteiger partial charge in [-0.05, 0) is 37.6 Å². The van der Waals surface area contributed by atoms with Crippen LogP contribution < -0.4 is 9.80 Å². The van der Waals surface area contributed by atoms with Crippen LogP contribution in [0.5, 0.6) is 0 Å². The minimum Gasteiger partial charge on any atom is -0.345 e. The van der Waals surface area contributed by atoms with E-state index in [9.17, 15) is 13.2 Å². The molecule has 3 heterocycles. The van der Waals surface area contributed by atoms with Crippen LogP contribution in [0.4, 0.5) is 10.8 Å². The monoisotopic (exact) mass is 482 g/mol. The molecular weight excluding hydrogens is 456 g/mol. The Labute approximate surface area is 198 Å². The van der Waals surface area contributed by atoms with Crippen LogP contribution in [0.15, 0.2) is 58.8 Å². The summed E-state index contributed by atoms with van der Waals surface area (Å²) < 4.78 is 27.9. The van der Waals surface area contributed by atoms with Crippen molar-refractivity contribution in [3.05, 3.63) is 59.5 Å². The zero-order valence-corrected chi connectivity index (χ0v) is 20.1. The SMILES string of the molecule is Cc1ccc(-c2csc(N3CCN(S(=O)(=O)c4ccc(N5CCCC5=O)cc4)CC3)n2)cc1. The lowest BCUT2D eigenvalue weighted by Gasteiger charge is -2.33. The van der Waals surface area contributed by atoms with Crippen LogP contribution in [0.2, 0.25) is 0 Å². The van der Waals surface area contributed by atoms with Gasteiger partial charge < -0.3 is 9.80 Å². The van der Waals surface area contributed by atoms with Gasteiger partial charge in [-0.2, -0.15) is 4.31 Å². The molecule has 33 heavy (non-hydrogen) atoms. The standard InChI is InChI=1S/C24H26N4O3S2/c1-18-4-6-19(7-5-18)22-17-32-24(25-22)26-13-15-27(16-14-26)33(30,31)21-10-8-20(9-11-21)28-12-2-3-23(28)29/h4-11,17H,2-3,12-16H2,1H3. The Kier molecular flexibility index (Phi) is 5.94. The van der Waals surface area contributed by atoms with Crippen molar-refractivity contribution in [1.29, 1.82) is 0 Å². The molecule has 2 saturated heterocycles. The van der Waals surface area contributed by atoms with Crippen LogP contribution in [-0.2, 0) is 14.8 Å². The number of sulfonamides is 1. The molecule has 2 aliphatic rings. The highest BCUT2D eigenvalue weighted by Crippen LogP contribution is 2.30. The summed E-state index contributed by atoms with van der Waals surface area (Å²) in [6, 6.07) is 15.0. The van der Waals surface area contributed by atoms with Crippen LogP contribution in [0.3, 0.4) is 0 Å². The van der Waals surface area contributed by atoms with Gasteiger partial charge in [-0.25, -0.2) is 13.4 Å². The number of benzene rings is 2. The highest BCUT2D eigenvalue weighted by Gasteiger charge is 2.30. The van der Waals surface area contributed by atoms with Gasteiger partial charge in [0.2, 0.25) is 15.9 Å². The number of anilines is 2. The second-order valence-corrected chi connectivity index (χ2v) is 11.2. The van der Waals surface area contributed by atoms with E-state index in [0.717, 1.165) is 28.5 Å². The molecule has 172 valence electrons. The van der Waals surface area contributed by atoms with Crippen LogP contribution in [0, 0.1) is 6.92 Å². The summed E-state index contributed by atoms with van der Waals surface area (Å²) in [7, 11) is -3.58. The molecule has 0 aliphatic carbocycles. The molecule has 0 bridgehead atoms. The number of aromatic nitrogens is 1. The molecule has 2 aliphatic heterocycles. The number of amides is 1. The third-order valence-electron chi connectivity index (χ3n) is 6.21. The minimum absolute atomic E-state index is 0.0921. The van der Waals surface area contributed by atoms with E-state index in [1.165, 1.54) is 9.87 Å². The van der Waals surface area contributed by atoms with Gasteiger partial charge in [0.25, 0.3) is 0 Å². The Hall–Kier alpha value is -2.75. The molecular formula is C24H26N4O3S2. The van der Waals surface area contributed by atoms with E-state index in [1.54, 1.807) is 40.5 Å². The Balaban J connectivity index is 1.24. The zero-order valence-electron chi connectivity index (χ0n) is 18.5. The molecule has 5 rings (SSSR count). The zero-order chi connectivity index (χ0) is 23.0. The number of aryl methyl sites for hydroxylation is 1. The van der Waals surface area contributed by atoms with Crippen molar-refractivity contribution in [3.63, 3.8) is 0 Å². The first kappa shape index (κ1) is 22.1. The predicted molar refractivity (Wildman–Crippen MR) is 131 cm³/mol. The predicted octanol–water partition coefficient (Wildman–Crippen LogP) is 3.76. The third-order valence-corrected chi connectivity index (χ3v) is 9.02.